The number of carbonyl (C=O) groups is 6. The van der Waals surface area contributed by atoms with Crippen LogP contribution in [0.15, 0.2) is 146 Å². The number of likely N-dealkylation sites (tertiary alicyclic amines) is 2. The van der Waals surface area contributed by atoms with Crippen LogP contribution in [0.2, 0.25) is 0 Å². The van der Waals surface area contributed by atoms with Gasteiger partial charge in [-0.05, 0) is 278 Å². The molecule has 12 aromatic rings. The molecule has 33 heteroatoms. The third-order valence-corrected chi connectivity index (χ3v) is 29.5. The second kappa shape index (κ2) is 43.7. The lowest BCUT2D eigenvalue weighted by Crippen LogP contribution is -2.56. The van der Waals surface area contributed by atoms with E-state index in [0.29, 0.717) is 77.7 Å². The van der Waals surface area contributed by atoms with Crippen LogP contribution < -0.4 is 40.2 Å². The molecule has 0 unspecified atom stereocenters. The first-order chi connectivity index (χ1) is 67.0. The van der Waals surface area contributed by atoms with Crippen LogP contribution in [0.5, 0.6) is 23.0 Å². The van der Waals surface area contributed by atoms with E-state index in [2.05, 4.69) is 129 Å². The molecule has 2 aliphatic heterocycles. The number of amides is 6. The Hall–Kier alpha value is -14.1. The minimum atomic E-state index is -0.118. The van der Waals surface area contributed by atoms with Crippen molar-refractivity contribution in [3.63, 3.8) is 0 Å². The summed E-state index contributed by atoms with van der Waals surface area (Å²) in [5.74, 6) is 2.60. The van der Waals surface area contributed by atoms with Crippen molar-refractivity contribution in [1.82, 2.24) is 76.8 Å². The fourth-order valence-corrected chi connectivity index (χ4v) is 22.1. The molecule has 0 bridgehead atoms. The van der Waals surface area contributed by atoms with Crippen LogP contribution in [0, 0.1) is 63.1 Å². The minimum Gasteiger partial charge on any atom is -0.490 e. The van der Waals surface area contributed by atoms with Crippen molar-refractivity contribution >= 4 is 80.8 Å². The molecule has 139 heavy (non-hydrogen) atoms. The first kappa shape index (κ1) is 98.0. The molecule has 29 nitrogen and oxygen atoms in total. The fourth-order valence-electron chi connectivity index (χ4n) is 18.5. The average molecular weight is 1940 g/mol. The average Bonchev–Trinajstić information content (AvgIpc) is 1.64. The van der Waals surface area contributed by atoms with Gasteiger partial charge in [0.2, 0.25) is 11.8 Å². The zero-order chi connectivity index (χ0) is 98.0. The molecule has 4 atom stereocenters. The number of hydrogen-bond donors (Lipinski definition) is 4. The maximum Gasteiger partial charge on any atom is 0.317 e. The smallest absolute Gasteiger partial charge is 0.317 e. The summed E-state index contributed by atoms with van der Waals surface area (Å²) in [6.07, 6.45) is 10.3. The highest BCUT2D eigenvalue weighted by Crippen LogP contribution is 2.47. The lowest BCUT2D eigenvalue weighted by Gasteiger charge is -2.38. The molecular weight excluding hydrogens is 1830 g/mol. The number of fused-ring (bicyclic) bond motifs is 4. The van der Waals surface area contributed by atoms with Gasteiger partial charge in [0.25, 0.3) is 0 Å². The Labute approximate surface area is 824 Å². The maximum atomic E-state index is 12.7. The summed E-state index contributed by atoms with van der Waals surface area (Å²) in [5.41, 5.74) is 18.8. The normalized spacial score (nSPS) is 17.3. The number of urea groups is 2. The molecular formula is C106H109N19O10S4. The minimum absolute atomic E-state index is 0.00443. The van der Waals surface area contributed by atoms with Crippen molar-refractivity contribution in [3.05, 3.63) is 212 Å². The number of likely N-dealkylation sites (N-methyl/N-ethyl adjacent to an activating group) is 1. The molecule has 8 aromatic carbocycles. The van der Waals surface area contributed by atoms with E-state index in [1.165, 1.54) is 73.2 Å². The van der Waals surface area contributed by atoms with E-state index < -0.39 is 0 Å². The molecule has 1 saturated carbocycles. The van der Waals surface area contributed by atoms with Crippen LogP contribution in [-0.4, -0.2) is 162 Å². The van der Waals surface area contributed by atoms with E-state index in [0.717, 1.165) is 179 Å². The Morgan fingerprint density at radius 3 is 0.957 bits per heavy atom. The number of aromatic nitrogens is 8. The maximum absolute atomic E-state index is 12.7. The number of benzene rings is 8. The Bertz CT molecular complexity index is 6600. The van der Waals surface area contributed by atoms with Gasteiger partial charge < -0.3 is 54.9 Å². The SMILES string of the molecule is CC(=O)C1CC(C(=O)N[C@H]2CCc3c(-c4nnc(-c5ccc(OC(C)C)c(C#N)c5)s4)cccc32)C1.CC(=O)C1CN(C(=O)N[C@@H]2CCc3c(-c4nnc(-c5ccc(OC(C)C)c(C#N)c5)s4)cccc32)C1.CC(C)Oc1ccc(-c2nnc(-c3cccc4c3CC[C@H]4NC(=O)CN(C)C)s2)cc1C#N.CC(C)Oc1ccc(-c2nnc(-c3cccc4c3CC[C@H]4NC(=O)N3CCCC3)s2)cc1C#N. The third kappa shape index (κ3) is 22.7. The van der Waals surface area contributed by atoms with Crippen molar-refractivity contribution < 1.29 is 47.7 Å². The van der Waals surface area contributed by atoms with Crippen LogP contribution in [0.25, 0.3) is 84.6 Å². The van der Waals surface area contributed by atoms with Gasteiger partial charge in [0, 0.05) is 82.5 Å². The molecule has 6 heterocycles. The zero-order valence-electron chi connectivity index (χ0n) is 79.7. The molecule has 3 fully saturated rings. The van der Waals surface area contributed by atoms with Gasteiger partial charge >= 0.3 is 12.1 Å². The van der Waals surface area contributed by atoms with Gasteiger partial charge in [-0.1, -0.05) is 118 Å². The highest BCUT2D eigenvalue weighted by Gasteiger charge is 2.41. The molecule has 4 N–H and O–H groups in total. The van der Waals surface area contributed by atoms with Gasteiger partial charge in [-0.2, -0.15) is 21.0 Å². The Balaban J connectivity index is 0.000000134. The summed E-state index contributed by atoms with van der Waals surface area (Å²) in [7, 11) is 3.77. The highest BCUT2D eigenvalue weighted by atomic mass is 32.1. The molecule has 2 saturated heterocycles. The van der Waals surface area contributed by atoms with Gasteiger partial charge in [0.1, 0.15) is 98.9 Å². The second-order valence-electron chi connectivity index (χ2n) is 37.1. The standard InChI is InChI=1S/C28H28N4O3S.C27H27N5O3S.C26H27N5O2S.C25H27N5O2S/c1-15(2)35-25-10-7-17(11-20(25)14-29)27-31-32-28(36-27)23-6-4-5-22-21(23)8-9-24(22)30-26(34)19-12-18(13-19)16(3)33;1-15(2)35-24-10-7-17(11-18(24)12-28)25-30-31-26(36-25)22-6-4-5-21-20(22)8-9-23(21)29-27(34)32-13-19(14-32)16(3)33;1-16(2)33-23-11-8-17(14-18(23)15-27)24-29-30-25(34-24)21-7-5-6-20-19(21)9-10-22(20)28-26(32)31-12-3-4-13-31;1-15(2)32-22-11-8-16(12-17(22)13-26)24-28-29-25(33-24)20-7-5-6-19-18(20)9-10-21(19)27-23(31)14-30(3)4/h4-7,10-11,15,18-19,24H,8-9,12-13H2,1-3H3,(H,30,34);4-7,10-11,15,19,23H,8-9,13-14H2,1-3H3,(H,29,34);5-8,11,14,16,22H,3-4,9-10,12-13H2,1-2H3,(H,28,32);5-8,11-12,15,21H,9-10,14H2,1-4H3,(H,27,31)/t18?,19?,24-;23-;22-;21-/m0111/s1. The first-order valence-electron chi connectivity index (χ1n) is 47.1. The first-order valence-corrected chi connectivity index (χ1v) is 50.4. The molecule has 4 aromatic heterocycles. The number of nitrogens with one attached hydrogen (secondary N) is 4. The number of carbonyl (C=O) groups excluding carboxylic acids is 6. The van der Waals surface area contributed by atoms with Crippen LogP contribution in [0.1, 0.15) is 212 Å². The van der Waals surface area contributed by atoms with E-state index >= 15 is 0 Å². The van der Waals surface area contributed by atoms with Crippen LogP contribution in [0.4, 0.5) is 9.59 Å². The molecule has 0 spiro atoms. The van der Waals surface area contributed by atoms with Crippen molar-refractivity contribution in [2.45, 2.75) is 195 Å². The summed E-state index contributed by atoms with van der Waals surface area (Å²) >= 11 is 5.98. The summed E-state index contributed by atoms with van der Waals surface area (Å²) in [6, 6.07) is 55.4. The largest absolute Gasteiger partial charge is 0.490 e. The summed E-state index contributed by atoms with van der Waals surface area (Å²) in [6.45, 7) is 21.7. The Kier molecular flexibility index (Phi) is 30.8. The van der Waals surface area contributed by atoms with Gasteiger partial charge in [0.15, 0.2) is 0 Å². The van der Waals surface area contributed by atoms with Gasteiger partial charge in [-0.25, -0.2) is 9.59 Å². The predicted octanol–water partition coefficient (Wildman–Crippen LogP) is 19.5. The van der Waals surface area contributed by atoms with Crippen molar-refractivity contribution in [1.29, 1.82) is 21.0 Å². The Morgan fingerprint density at radius 1 is 0.381 bits per heavy atom. The molecule has 0 radical (unpaired) electrons. The summed E-state index contributed by atoms with van der Waals surface area (Å²) in [4.78, 5) is 78.7. The molecule has 5 aliphatic carbocycles. The number of hydrogen-bond acceptors (Lipinski definition) is 27. The summed E-state index contributed by atoms with van der Waals surface area (Å²) < 4.78 is 22.9. The third-order valence-electron chi connectivity index (χ3n) is 25.5. The number of nitriles is 4. The highest BCUT2D eigenvalue weighted by molar-refractivity contribution is 7.19. The van der Waals surface area contributed by atoms with E-state index in [9.17, 15) is 49.8 Å². The van der Waals surface area contributed by atoms with Crippen molar-refractivity contribution in [2.24, 2.45) is 17.8 Å². The van der Waals surface area contributed by atoms with Crippen LogP contribution in [0.3, 0.4) is 0 Å². The number of ketones is 2. The predicted molar refractivity (Wildman–Crippen MR) is 535 cm³/mol. The van der Waals surface area contributed by atoms with E-state index in [4.69, 9.17) is 18.9 Å². The van der Waals surface area contributed by atoms with Gasteiger partial charge in [-0.3, -0.25) is 19.2 Å². The van der Waals surface area contributed by atoms with Crippen molar-refractivity contribution in [2.75, 3.05) is 46.8 Å². The molecule has 712 valence electrons. The lowest BCUT2D eigenvalue weighted by molar-refractivity contribution is -0.134. The number of Topliss-reactive ketones (excluding diaryl/α,β-unsaturated/α-hetero) is 2. The topological polar surface area (TPSA) is 395 Å². The van der Waals surface area contributed by atoms with Crippen LogP contribution in [-0.2, 0) is 44.9 Å². The number of nitrogens with zero attached hydrogens (tertiary/aromatic N) is 15. The zero-order valence-corrected chi connectivity index (χ0v) is 82.9. The monoisotopic (exact) mass is 1940 g/mol. The van der Waals surface area contributed by atoms with Gasteiger partial charge in [-0.15, -0.1) is 40.8 Å². The molecule has 7 aliphatic rings. The van der Waals surface area contributed by atoms with Crippen molar-refractivity contribution in [3.8, 4) is 132 Å². The van der Waals surface area contributed by atoms with Crippen LogP contribution >= 0.6 is 45.3 Å². The molecule has 6 amide bonds. The lowest BCUT2D eigenvalue weighted by atomic mass is 9.72. The van der Waals surface area contributed by atoms with E-state index in [1.54, 1.807) is 49.1 Å². The molecule has 19 rings (SSSR count). The Morgan fingerprint density at radius 2 is 0.669 bits per heavy atom. The van der Waals surface area contributed by atoms with Gasteiger partial charge in [0.05, 0.1) is 83.3 Å². The fraction of sp³-hybridized carbons (Fsp3) is 0.377. The number of ether oxygens (including phenoxy) is 4. The van der Waals surface area contributed by atoms with E-state index in [-0.39, 0.29) is 102 Å². The second-order valence-corrected chi connectivity index (χ2v) is 41.0. The quantitative estimate of drug-likeness (QED) is 0.0413. The number of rotatable bonds is 25. The van der Waals surface area contributed by atoms with E-state index in [1.807, 2.05) is 152 Å². The summed E-state index contributed by atoms with van der Waals surface area (Å²) in [5, 5.41) is 92.7.